The minimum atomic E-state index is 0.635. The van der Waals surface area contributed by atoms with Gasteiger partial charge in [0.2, 0.25) is 5.89 Å². The maximum atomic E-state index is 6.60. The smallest absolute Gasteiger partial charge is 0.227 e. The molecule has 0 saturated heterocycles. The van der Waals surface area contributed by atoms with Gasteiger partial charge in [-0.05, 0) is 108 Å². The molecule has 2 heterocycles. The van der Waals surface area contributed by atoms with Gasteiger partial charge in [0.25, 0.3) is 0 Å². The first-order chi connectivity index (χ1) is 27.8. The molecule has 0 amide bonds. The lowest BCUT2D eigenvalue weighted by Gasteiger charge is -2.18. The summed E-state index contributed by atoms with van der Waals surface area (Å²) in [5.41, 5.74) is 11.0. The van der Waals surface area contributed by atoms with Crippen molar-refractivity contribution in [1.82, 2.24) is 9.55 Å². The predicted octanol–water partition coefficient (Wildman–Crippen LogP) is 14.5. The van der Waals surface area contributed by atoms with E-state index in [4.69, 9.17) is 9.40 Å². The van der Waals surface area contributed by atoms with E-state index in [1.165, 1.54) is 71.0 Å². The van der Waals surface area contributed by atoms with E-state index in [1.54, 1.807) is 0 Å². The zero-order valence-electron chi connectivity index (χ0n) is 30.3. The van der Waals surface area contributed by atoms with Gasteiger partial charge < -0.3 is 8.98 Å². The molecule has 12 rings (SSSR count). The van der Waals surface area contributed by atoms with Crippen LogP contribution in [0.15, 0.2) is 199 Å². The molecule has 10 aromatic carbocycles. The Labute approximate surface area is 322 Å². The van der Waals surface area contributed by atoms with Crippen LogP contribution in [0, 0.1) is 0 Å². The lowest BCUT2D eigenvalue weighted by Crippen LogP contribution is -1.94. The molecule has 3 heteroatoms. The highest BCUT2D eigenvalue weighted by atomic mass is 16.3. The molecule has 0 unspecified atom stereocenters. The summed E-state index contributed by atoms with van der Waals surface area (Å²) in [6.45, 7) is 0. The molecule has 0 aliphatic heterocycles. The van der Waals surface area contributed by atoms with Crippen molar-refractivity contribution in [2.24, 2.45) is 0 Å². The van der Waals surface area contributed by atoms with Crippen LogP contribution in [-0.4, -0.2) is 9.55 Å². The Hall–Kier alpha value is -7.49. The summed E-state index contributed by atoms with van der Waals surface area (Å²) in [5.74, 6) is 0.635. The van der Waals surface area contributed by atoms with E-state index in [0.29, 0.717) is 5.89 Å². The van der Waals surface area contributed by atoms with Crippen LogP contribution in [0.4, 0.5) is 0 Å². The largest absolute Gasteiger partial charge is 0.435 e. The summed E-state index contributed by atoms with van der Waals surface area (Å²) in [6, 6.07) is 69.9. The van der Waals surface area contributed by atoms with Gasteiger partial charge in [-0.25, -0.2) is 4.98 Å². The average molecular weight is 713 g/mol. The van der Waals surface area contributed by atoms with Crippen LogP contribution in [0.3, 0.4) is 0 Å². The van der Waals surface area contributed by atoms with Gasteiger partial charge in [-0.1, -0.05) is 146 Å². The lowest BCUT2D eigenvalue weighted by molar-refractivity contribution is 0.623. The Bertz CT molecular complexity index is 3460. The van der Waals surface area contributed by atoms with Crippen molar-refractivity contribution in [3.63, 3.8) is 0 Å². The van der Waals surface area contributed by atoms with Crippen molar-refractivity contribution in [3.05, 3.63) is 194 Å². The van der Waals surface area contributed by atoms with Crippen LogP contribution >= 0.6 is 0 Å². The molecule has 0 aliphatic rings. The van der Waals surface area contributed by atoms with Gasteiger partial charge in [-0.2, -0.15) is 0 Å². The first-order valence-corrected chi connectivity index (χ1v) is 19.1. The Morgan fingerprint density at radius 3 is 1.62 bits per heavy atom. The molecule has 0 spiro atoms. The van der Waals surface area contributed by atoms with Crippen molar-refractivity contribution in [3.8, 4) is 39.4 Å². The van der Waals surface area contributed by atoms with Gasteiger partial charge in [0, 0.05) is 27.4 Å². The second-order valence-corrected chi connectivity index (χ2v) is 14.7. The van der Waals surface area contributed by atoms with Crippen molar-refractivity contribution >= 4 is 76.0 Å². The summed E-state index contributed by atoms with van der Waals surface area (Å²) in [5, 5.41) is 11.9. The van der Waals surface area contributed by atoms with E-state index in [9.17, 15) is 0 Å². The summed E-state index contributed by atoms with van der Waals surface area (Å²) < 4.78 is 9.00. The third kappa shape index (κ3) is 4.55. The van der Waals surface area contributed by atoms with Crippen LogP contribution in [0.25, 0.3) is 115 Å². The van der Waals surface area contributed by atoms with Crippen LogP contribution < -0.4 is 0 Å². The molecule has 0 fully saturated rings. The van der Waals surface area contributed by atoms with Crippen molar-refractivity contribution in [2.75, 3.05) is 0 Å². The maximum absolute atomic E-state index is 6.60. The number of fused-ring (bicyclic) bond motifs is 10. The number of rotatable bonds is 4. The molecule has 56 heavy (non-hydrogen) atoms. The molecule has 3 nitrogen and oxygen atoms in total. The number of hydrogen-bond acceptors (Lipinski definition) is 2. The summed E-state index contributed by atoms with van der Waals surface area (Å²) in [7, 11) is 0. The van der Waals surface area contributed by atoms with E-state index in [2.05, 4.69) is 168 Å². The van der Waals surface area contributed by atoms with Crippen LogP contribution in [-0.2, 0) is 0 Å². The second kappa shape index (κ2) is 12.0. The van der Waals surface area contributed by atoms with Crippen molar-refractivity contribution in [1.29, 1.82) is 0 Å². The van der Waals surface area contributed by atoms with Crippen LogP contribution in [0.2, 0.25) is 0 Å². The minimum Gasteiger partial charge on any atom is -0.435 e. The molecule has 2 aromatic heterocycles. The molecule has 0 aliphatic carbocycles. The summed E-state index contributed by atoms with van der Waals surface area (Å²) >= 11 is 0. The highest BCUT2D eigenvalue weighted by Crippen LogP contribution is 2.46. The lowest BCUT2D eigenvalue weighted by atomic mass is 9.85. The molecule has 260 valence electrons. The summed E-state index contributed by atoms with van der Waals surface area (Å²) in [6.07, 6.45) is 0. The Kier molecular flexibility index (Phi) is 6.63. The Balaban J connectivity index is 1.12. The highest BCUT2D eigenvalue weighted by Gasteiger charge is 2.20. The van der Waals surface area contributed by atoms with Gasteiger partial charge in [0.15, 0.2) is 5.58 Å². The molecule has 12 aromatic rings. The number of para-hydroxylation sites is 2. The molecule has 0 saturated carbocycles. The second-order valence-electron chi connectivity index (χ2n) is 14.7. The predicted molar refractivity (Wildman–Crippen MR) is 235 cm³/mol. The van der Waals surface area contributed by atoms with E-state index in [0.717, 1.165) is 38.5 Å². The zero-order chi connectivity index (χ0) is 36.7. The fraction of sp³-hybridized carbons (Fsp3) is 0. The van der Waals surface area contributed by atoms with Gasteiger partial charge in [-0.3, -0.25) is 0 Å². The Morgan fingerprint density at radius 1 is 0.375 bits per heavy atom. The van der Waals surface area contributed by atoms with Crippen molar-refractivity contribution in [2.45, 2.75) is 0 Å². The van der Waals surface area contributed by atoms with Crippen LogP contribution in [0.1, 0.15) is 0 Å². The number of aromatic nitrogens is 2. The fourth-order valence-corrected chi connectivity index (χ4v) is 9.11. The molecule has 0 radical (unpaired) electrons. The normalized spacial score (nSPS) is 11.9. The molecular weight excluding hydrogens is 681 g/mol. The number of nitrogens with zero attached hydrogens (tertiary/aromatic N) is 2. The van der Waals surface area contributed by atoms with Gasteiger partial charge in [-0.15, -0.1) is 0 Å². The molecular formula is C53H32N2O. The standard InChI is InChI=1S/C53H32N2O/c1-3-13-35(14-4-1)53-54-46-30-28-34-25-23-33-24-26-36(31-45(33)51(34)52(46)56-53)49-41-18-7-9-20-43(41)50(44-21-10-8-19-42(44)49)37-27-29-40-39-17-11-12-22-47(39)55(48(40)32-37)38-15-5-2-6-16-38/h1-32H. The van der Waals surface area contributed by atoms with E-state index < -0.39 is 0 Å². The minimum absolute atomic E-state index is 0.635. The van der Waals surface area contributed by atoms with Crippen molar-refractivity contribution < 1.29 is 4.42 Å². The first kappa shape index (κ1) is 30.9. The Morgan fingerprint density at radius 2 is 0.911 bits per heavy atom. The molecule has 0 atom stereocenters. The monoisotopic (exact) mass is 712 g/mol. The average Bonchev–Trinajstić information content (AvgIpc) is 3.85. The van der Waals surface area contributed by atoms with Gasteiger partial charge in [0.1, 0.15) is 5.52 Å². The van der Waals surface area contributed by atoms with E-state index in [1.807, 2.05) is 30.3 Å². The topological polar surface area (TPSA) is 31.0 Å². The molecule has 0 N–H and O–H groups in total. The number of oxazole rings is 1. The van der Waals surface area contributed by atoms with E-state index in [-0.39, 0.29) is 0 Å². The van der Waals surface area contributed by atoms with E-state index >= 15 is 0 Å². The number of hydrogen-bond donors (Lipinski definition) is 0. The third-order valence-electron chi connectivity index (χ3n) is 11.6. The zero-order valence-corrected chi connectivity index (χ0v) is 30.3. The maximum Gasteiger partial charge on any atom is 0.227 e. The third-order valence-corrected chi connectivity index (χ3v) is 11.6. The summed E-state index contributed by atoms with van der Waals surface area (Å²) in [4.78, 5) is 4.93. The SMILES string of the molecule is c1ccc(-c2nc3ccc4ccc5ccc(-c6c7ccccc7c(-c7ccc8c9ccccc9n(-c9ccccc9)c8c7)c7ccccc67)cc5c4c3o2)cc1. The van der Waals surface area contributed by atoms with Gasteiger partial charge >= 0.3 is 0 Å². The van der Waals surface area contributed by atoms with Gasteiger partial charge in [0.05, 0.1) is 11.0 Å². The number of benzene rings is 10. The molecule has 0 bridgehead atoms. The fourth-order valence-electron chi connectivity index (χ4n) is 9.11. The first-order valence-electron chi connectivity index (χ1n) is 19.1. The highest BCUT2D eigenvalue weighted by molar-refractivity contribution is 6.24. The van der Waals surface area contributed by atoms with Crippen LogP contribution in [0.5, 0.6) is 0 Å². The quantitative estimate of drug-likeness (QED) is 0.134.